The van der Waals surface area contributed by atoms with Crippen molar-refractivity contribution in [1.82, 2.24) is 0 Å². The fourth-order valence-electron chi connectivity index (χ4n) is 0.934. The second-order valence-corrected chi connectivity index (χ2v) is 2.35. The molecular formula is C10H11NO3. The highest BCUT2D eigenvalue weighted by Crippen LogP contribution is 2.13. The minimum Gasteiger partial charge on any atom is -0.307 e. The summed E-state index contributed by atoms with van der Waals surface area (Å²) in [6.07, 6.45) is 3.67. The lowest BCUT2D eigenvalue weighted by Gasteiger charge is -1.92. The number of non-ortho nitro benzene ring substituents is 1. The van der Waals surface area contributed by atoms with Crippen molar-refractivity contribution in [2.24, 2.45) is 0 Å². The van der Waals surface area contributed by atoms with Gasteiger partial charge in [0.1, 0.15) is 6.79 Å². The Hall–Kier alpha value is -1.97. The van der Waals surface area contributed by atoms with Crippen LogP contribution in [0, 0.1) is 10.1 Å². The van der Waals surface area contributed by atoms with Crippen molar-refractivity contribution in [2.45, 2.75) is 6.92 Å². The number of hydrogen-bond acceptors (Lipinski definition) is 3. The summed E-state index contributed by atoms with van der Waals surface area (Å²) in [7, 11) is 0. The number of nitro benzene ring substituents is 1. The summed E-state index contributed by atoms with van der Waals surface area (Å²) in [6, 6.07) is 6.52. The zero-order valence-electron chi connectivity index (χ0n) is 7.84. The first kappa shape index (κ1) is 12.0. The molecule has 0 amide bonds. The Bertz CT molecular complexity index is 334. The zero-order valence-corrected chi connectivity index (χ0v) is 7.84. The Labute approximate surface area is 82.0 Å². The van der Waals surface area contributed by atoms with E-state index in [0.717, 1.165) is 5.56 Å². The van der Waals surface area contributed by atoms with Gasteiger partial charge in [-0.15, -0.1) is 0 Å². The van der Waals surface area contributed by atoms with Crippen molar-refractivity contribution >= 4 is 18.6 Å². The Morgan fingerprint density at radius 1 is 1.43 bits per heavy atom. The molecule has 74 valence electrons. The van der Waals surface area contributed by atoms with Crippen molar-refractivity contribution in [1.29, 1.82) is 0 Å². The van der Waals surface area contributed by atoms with E-state index in [-0.39, 0.29) is 5.69 Å². The third kappa shape index (κ3) is 3.62. The molecule has 4 nitrogen and oxygen atoms in total. The van der Waals surface area contributed by atoms with Crippen LogP contribution in [0.15, 0.2) is 30.3 Å². The molecule has 0 N–H and O–H groups in total. The van der Waals surface area contributed by atoms with Gasteiger partial charge in [0.2, 0.25) is 0 Å². The minimum atomic E-state index is -0.396. The Morgan fingerprint density at radius 2 is 2.07 bits per heavy atom. The van der Waals surface area contributed by atoms with Crippen LogP contribution >= 0.6 is 0 Å². The highest BCUT2D eigenvalue weighted by atomic mass is 16.6. The highest BCUT2D eigenvalue weighted by Gasteiger charge is 2.02. The smallest absolute Gasteiger partial charge is 0.270 e. The average molecular weight is 193 g/mol. The average Bonchev–Trinajstić information content (AvgIpc) is 2.22. The van der Waals surface area contributed by atoms with Gasteiger partial charge >= 0.3 is 0 Å². The van der Waals surface area contributed by atoms with Crippen LogP contribution < -0.4 is 0 Å². The largest absolute Gasteiger partial charge is 0.307 e. The van der Waals surface area contributed by atoms with Gasteiger partial charge in [-0.1, -0.05) is 24.3 Å². The van der Waals surface area contributed by atoms with Gasteiger partial charge in [0.15, 0.2) is 0 Å². The molecule has 1 aromatic carbocycles. The molecule has 0 aromatic heterocycles. The first-order valence-corrected chi connectivity index (χ1v) is 3.90. The highest BCUT2D eigenvalue weighted by molar-refractivity contribution is 5.52. The van der Waals surface area contributed by atoms with E-state index >= 15 is 0 Å². The summed E-state index contributed by atoms with van der Waals surface area (Å²) in [5.74, 6) is 0. The molecule has 0 fully saturated rings. The number of rotatable bonds is 2. The fourth-order valence-corrected chi connectivity index (χ4v) is 0.934. The van der Waals surface area contributed by atoms with E-state index in [4.69, 9.17) is 4.79 Å². The van der Waals surface area contributed by atoms with Crippen LogP contribution in [0.25, 0.3) is 6.08 Å². The van der Waals surface area contributed by atoms with Gasteiger partial charge in [0, 0.05) is 12.1 Å². The summed E-state index contributed by atoms with van der Waals surface area (Å²) in [5.41, 5.74) is 0.984. The summed E-state index contributed by atoms with van der Waals surface area (Å²) < 4.78 is 0. The van der Waals surface area contributed by atoms with Crippen LogP contribution in [0.4, 0.5) is 5.69 Å². The van der Waals surface area contributed by atoms with Gasteiger partial charge < -0.3 is 4.79 Å². The molecule has 1 aromatic rings. The molecule has 4 heteroatoms. The van der Waals surface area contributed by atoms with E-state index in [1.165, 1.54) is 6.07 Å². The molecule has 0 heterocycles. The lowest BCUT2D eigenvalue weighted by molar-refractivity contribution is -0.384. The lowest BCUT2D eigenvalue weighted by Crippen LogP contribution is -1.87. The fraction of sp³-hybridized carbons (Fsp3) is 0.100. The predicted molar refractivity (Wildman–Crippen MR) is 54.9 cm³/mol. The Balaban J connectivity index is 0.000000791. The number of hydrogen-bond donors (Lipinski definition) is 0. The summed E-state index contributed by atoms with van der Waals surface area (Å²) in [5, 5.41) is 10.3. The molecular weight excluding hydrogens is 182 g/mol. The SMILES string of the molecule is C=O.CC=Cc1cccc([N+](=O)[O-])c1. The molecule has 14 heavy (non-hydrogen) atoms. The second-order valence-electron chi connectivity index (χ2n) is 2.35. The first-order valence-electron chi connectivity index (χ1n) is 3.90. The molecule has 0 aliphatic heterocycles. The van der Waals surface area contributed by atoms with Crippen LogP contribution in [0.2, 0.25) is 0 Å². The number of carbonyl (C=O) groups is 1. The minimum absolute atomic E-state index is 0.130. The molecule has 0 saturated carbocycles. The molecule has 0 aliphatic rings. The van der Waals surface area contributed by atoms with E-state index in [0.29, 0.717) is 0 Å². The molecule has 0 saturated heterocycles. The van der Waals surface area contributed by atoms with Gasteiger partial charge in [-0.05, 0) is 12.5 Å². The molecule has 1 rings (SSSR count). The number of nitro groups is 1. The molecule has 0 unspecified atom stereocenters. The van der Waals surface area contributed by atoms with Crippen LogP contribution in [-0.4, -0.2) is 11.7 Å². The number of carbonyl (C=O) groups excluding carboxylic acids is 1. The van der Waals surface area contributed by atoms with E-state index < -0.39 is 4.92 Å². The van der Waals surface area contributed by atoms with Gasteiger partial charge in [-0.3, -0.25) is 10.1 Å². The number of allylic oxidation sites excluding steroid dienone is 1. The third-order valence-electron chi connectivity index (χ3n) is 1.44. The molecule has 0 radical (unpaired) electrons. The van der Waals surface area contributed by atoms with E-state index in [9.17, 15) is 10.1 Å². The van der Waals surface area contributed by atoms with Crippen molar-refractivity contribution < 1.29 is 9.72 Å². The van der Waals surface area contributed by atoms with E-state index in [2.05, 4.69) is 0 Å². The molecule has 0 spiro atoms. The van der Waals surface area contributed by atoms with E-state index in [1.54, 1.807) is 12.1 Å². The second kappa shape index (κ2) is 6.54. The van der Waals surface area contributed by atoms with E-state index in [1.807, 2.05) is 31.9 Å². The van der Waals surface area contributed by atoms with Crippen molar-refractivity contribution in [3.63, 3.8) is 0 Å². The molecule has 0 aliphatic carbocycles. The van der Waals surface area contributed by atoms with Crippen molar-refractivity contribution in [2.75, 3.05) is 0 Å². The van der Waals surface area contributed by atoms with Gasteiger partial charge in [0.05, 0.1) is 4.92 Å². The first-order chi connectivity index (χ1) is 6.74. The monoisotopic (exact) mass is 193 g/mol. The maximum atomic E-state index is 10.3. The summed E-state index contributed by atoms with van der Waals surface area (Å²) in [6.45, 7) is 3.87. The third-order valence-corrected chi connectivity index (χ3v) is 1.44. The van der Waals surface area contributed by atoms with Crippen molar-refractivity contribution in [3.05, 3.63) is 46.0 Å². The van der Waals surface area contributed by atoms with Crippen LogP contribution in [0.1, 0.15) is 12.5 Å². The van der Waals surface area contributed by atoms with Gasteiger partial charge in [0.25, 0.3) is 5.69 Å². The van der Waals surface area contributed by atoms with Crippen molar-refractivity contribution in [3.8, 4) is 0 Å². The zero-order chi connectivity index (χ0) is 11.0. The van der Waals surface area contributed by atoms with Crippen LogP contribution in [0.3, 0.4) is 0 Å². The maximum Gasteiger partial charge on any atom is 0.270 e. The van der Waals surface area contributed by atoms with Gasteiger partial charge in [-0.2, -0.15) is 0 Å². The molecule has 0 bridgehead atoms. The summed E-state index contributed by atoms with van der Waals surface area (Å²) in [4.78, 5) is 17.9. The normalized spacial score (nSPS) is 9.21. The Kier molecular flexibility index (Phi) is 5.62. The van der Waals surface area contributed by atoms with Gasteiger partial charge in [-0.25, -0.2) is 0 Å². The Morgan fingerprint density at radius 3 is 2.57 bits per heavy atom. The number of benzene rings is 1. The maximum absolute atomic E-state index is 10.3. The topological polar surface area (TPSA) is 60.2 Å². The standard InChI is InChI=1S/C9H9NO2.CH2O/c1-2-4-8-5-3-6-9(7-8)10(11)12;1-2/h2-7H,1H3;1H2. The van der Waals surface area contributed by atoms with Crippen LogP contribution in [0.5, 0.6) is 0 Å². The predicted octanol–water partition coefficient (Wildman–Crippen LogP) is 2.44. The van der Waals surface area contributed by atoms with Crippen LogP contribution in [-0.2, 0) is 4.79 Å². The lowest BCUT2D eigenvalue weighted by atomic mass is 10.2. The summed E-state index contributed by atoms with van der Waals surface area (Å²) >= 11 is 0. The quantitative estimate of drug-likeness (QED) is 0.535. The number of nitrogens with zero attached hydrogens (tertiary/aromatic N) is 1. The molecule has 0 atom stereocenters.